The van der Waals surface area contributed by atoms with Gasteiger partial charge in [0, 0.05) is 25.3 Å². The molecular formula is C18H26N2O6S3. The molecule has 162 valence electrons. The molecule has 1 aromatic rings. The second kappa shape index (κ2) is 10.2. The maximum atomic E-state index is 12.8. The lowest BCUT2D eigenvalue weighted by Gasteiger charge is -2.25. The molecule has 1 aliphatic heterocycles. The fraction of sp³-hybridized carbons (Fsp3) is 0.556. The van der Waals surface area contributed by atoms with Crippen LogP contribution in [-0.2, 0) is 31.0 Å². The van der Waals surface area contributed by atoms with Crippen molar-refractivity contribution in [3.05, 3.63) is 35.9 Å². The van der Waals surface area contributed by atoms with E-state index in [1.165, 1.54) is 35.9 Å². The summed E-state index contributed by atoms with van der Waals surface area (Å²) in [4.78, 5) is 21.3. The third-order valence-electron chi connectivity index (χ3n) is 4.39. The van der Waals surface area contributed by atoms with Crippen LogP contribution in [0.1, 0.15) is 32.8 Å². The van der Waals surface area contributed by atoms with Gasteiger partial charge < -0.3 is 15.2 Å². The van der Waals surface area contributed by atoms with Crippen molar-refractivity contribution >= 4 is 43.5 Å². The minimum atomic E-state index is -3.63. The number of sulfonamides is 1. The number of benzene rings is 1. The third-order valence-corrected chi connectivity index (χ3v) is 9.88. The topological polar surface area (TPSA) is 113 Å². The van der Waals surface area contributed by atoms with Gasteiger partial charge in [-0.2, -0.15) is 4.31 Å². The number of carboxylic acids is 1. The molecule has 1 aliphatic rings. The SMILES string of the molecule is CC(=O)N[C@](C)(SSC1CCN(S(=O)(=O)C(C)OCc2ccccc2)C1)C(=O)O. The van der Waals surface area contributed by atoms with Crippen LogP contribution in [0.25, 0.3) is 0 Å². The molecule has 0 aromatic heterocycles. The van der Waals surface area contributed by atoms with E-state index < -0.39 is 32.2 Å². The summed E-state index contributed by atoms with van der Waals surface area (Å²) in [6, 6.07) is 9.35. The molecule has 0 aliphatic carbocycles. The van der Waals surface area contributed by atoms with E-state index in [0.717, 1.165) is 16.4 Å². The van der Waals surface area contributed by atoms with Gasteiger partial charge in [0.1, 0.15) is 0 Å². The van der Waals surface area contributed by atoms with Crippen LogP contribution >= 0.6 is 21.6 Å². The lowest BCUT2D eigenvalue weighted by molar-refractivity contribution is -0.142. The summed E-state index contributed by atoms with van der Waals surface area (Å²) in [5.41, 5.74) is -0.0884. The van der Waals surface area contributed by atoms with Crippen molar-refractivity contribution in [3.8, 4) is 0 Å². The smallest absolute Gasteiger partial charge is 0.340 e. The largest absolute Gasteiger partial charge is 0.479 e. The van der Waals surface area contributed by atoms with E-state index in [1.807, 2.05) is 30.3 Å². The lowest BCUT2D eigenvalue weighted by atomic mass is 10.2. The van der Waals surface area contributed by atoms with E-state index in [4.69, 9.17) is 4.74 Å². The Morgan fingerprint density at radius 2 is 2.03 bits per heavy atom. The molecule has 1 amide bonds. The van der Waals surface area contributed by atoms with Gasteiger partial charge in [0.15, 0.2) is 10.3 Å². The predicted octanol–water partition coefficient (Wildman–Crippen LogP) is 2.27. The van der Waals surface area contributed by atoms with Gasteiger partial charge in [0.05, 0.1) is 6.61 Å². The summed E-state index contributed by atoms with van der Waals surface area (Å²) in [6.07, 6.45) is 0.595. The van der Waals surface area contributed by atoms with Gasteiger partial charge in [-0.15, -0.1) is 0 Å². The zero-order valence-electron chi connectivity index (χ0n) is 16.5. The minimum absolute atomic E-state index is 0.0801. The van der Waals surface area contributed by atoms with Gasteiger partial charge in [-0.05, 0) is 25.8 Å². The molecule has 29 heavy (non-hydrogen) atoms. The molecule has 1 fully saturated rings. The zero-order valence-corrected chi connectivity index (χ0v) is 19.0. The first-order valence-electron chi connectivity index (χ1n) is 9.05. The van der Waals surface area contributed by atoms with Crippen molar-refractivity contribution in [2.45, 2.75) is 49.4 Å². The molecule has 3 atom stereocenters. The van der Waals surface area contributed by atoms with Gasteiger partial charge in [-0.25, -0.2) is 13.2 Å². The van der Waals surface area contributed by atoms with Crippen LogP contribution in [0.4, 0.5) is 0 Å². The summed E-state index contributed by atoms with van der Waals surface area (Å²) < 4.78 is 32.5. The summed E-state index contributed by atoms with van der Waals surface area (Å²) >= 11 is 0. The van der Waals surface area contributed by atoms with Crippen LogP contribution in [0.15, 0.2) is 30.3 Å². The van der Waals surface area contributed by atoms with Crippen molar-refractivity contribution in [3.63, 3.8) is 0 Å². The average Bonchev–Trinajstić information content (AvgIpc) is 3.14. The Balaban J connectivity index is 1.89. The molecule has 2 N–H and O–H groups in total. The number of hydrogen-bond acceptors (Lipinski definition) is 7. The molecule has 0 saturated carbocycles. The Bertz CT molecular complexity index is 820. The van der Waals surface area contributed by atoms with Crippen LogP contribution in [0.5, 0.6) is 0 Å². The molecule has 0 spiro atoms. The first-order chi connectivity index (χ1) is 13.5. The number of nitrogens with one attached hydrogen (secondary N) is 1. The van der Waals surface area contributed by atoms with Gasteiger partial charge >= 0.3 is 5.97 Å². The maximum Gasteiger partial charge on any atom is 0.340 e. The Morgan fingerprint density at radius 3 is 2.62 bits per heavy atom. The number of carbonyl (C=O) groups excluding carboxylic acids is 1. The molecule has 2 rings (SSSR count). The maximum absolute atomic E-state index is 12.8. The van der Waals surface area contributed by atoms with Crippen LogP contribution in [0.3, 0.4) is 0 Å². The zero-order chi connectivity index (χ0) is 21.7. The van der Waals surface area contributed by atoms with E-state index in [1.54, 1.807) is 0 Å². The molecule has 8 nitrogen and oxygen atoms in total. The third kappa shape index (κ3) is 6.61. The van der Waals surface area contributed by atoms with E-state index in [2.05, 4.69) is 5.32 Å². The normalized spacial score (nSPS) is 20.7. The van der Waals surface area contributed by atoms with Crippen LogP contribution in [0.2, 0.25) is 0 Å². The summed E-state index contributed by atoms with van der Waals surface area (Å²) in [5, 5.41) is 11.7. The summed E-state index contributed by atoms with van der Waals surface area (Å²) in [6.45, 7) is 5.02. The van der Waals surface area contributed by atoms with Crippen LogP contribution in [0, 0.1) is 0 Å². The van der Waals surface area contributed by atoms with E-state index in [9.17, 15) is 23.1 Å². The van der Waals surface area contributed by atoms with Gasteiger partial charge in [-0.3, -0.25) is 4.79 Å². The van der Waals surface area contributed by atoms with E-state index in [0.29, 0.717) is 13.0 Å². The summed E-state index contributed by atoms with van der Waals surface area (Å²) in [5.74, 6) is -1.60. The quantitative estimate of drug-likeness (QED) is 0.402. The first-order valence-corrected chi connectivity index (χ1v) is 12.8. The second-order valence-corrected chi connectivity index (χ2v) is 12.0. The van der Waals surface area contributed by atoms with E-state index in [-0.39, 0.29) is 18.4 Å². The Hall–Kier alpha value is -1.27. The minimum Gasteiger partial charge on any atom is -0.479 e. The number of hydrogen-bond donors (Lipinski definition) is 2. The number of ether oxygens (including phenoxy) is 1. The highest BCUT2D eigenvalue weighted by Gasteiger charge is 2.40. The molecule has 1 heterocycles. The number of carboxylic acid groups (broad SMARTS) is 1. The fourth-order valence-electron chi connectivity index (χ4n) is 2.70. The molecule has 0 radical (unpaired) electrons. The highest BCUT2D eigenvalue weighted by Crippen LogP contribution is 2.41. The molecule has 1 saturated heterocycles. The highest BCUT2D eigenvalue weighted by atomic mass is 33.1. The Kier molecular flexibility index (Phi) is 8.41. The fourth-order valence-corrected chi connectivity index (χ4v) is 7.03. The molecular weight excluding hydrogens is 436 g/mol. The first kappa shape index (κ1) is 24.0. The van der Waals surface area contributed by atoms with Crippen LogP contribution in [-0.4, -0.2) is 58.4 Å². The predicted molar refractivity (Wildman–Crippen MR) is 115 cm³/mol. The number of rotatable bonds is 10. The van der Waals surface area contributed by atoms with Gasteiger partial charge in [0.2, 0.25) is 15.9 Å². The molecule has 2 unspecified atom stereocenters. The molecule has 1 aromatic carbocycles. The average molecular weight is 463 g/mol. The summed E-state index contributed by atoms with van der Waals surface area (Å²) in [7, 11) is -1.33. The molecule has 11 heteroatoms. The van der Waals surface area contributed by atoms with Crippen molar-refractivity contribution in [1.82, 2.24) is 9.62 Å². The number of nitrogens with zero attached hydrogens (tertiary/aromatic N) is 1. The highest BCUT2D eigenvalue weighted by molar-refractivity contribution is 8.77. The molecule has 0 bridgehead atoms. The van der Waals surface area contributed by atoms with Gasteiger partial charge in [0.25, 0.3) is 0 Å². The number of carbonyl (C=O) groups is 2. The van der Waals surface area contributed by atoms with E-state index >= 15 is 0 Å². The standard InChI is InChI=1S/C18H26N2O6S3/c1-13(21)19-18(3,17(22)23)28-27-16-9-10-20(11-16)29(24,25)14(2)26-12-15-7-5-4-6-8-15/h4-8,14,16H,9-12H2,1-3H3,(H,19,21)(H,22,23)/t14?,16?,18-/m1/s1. The second-order valence-electron chi connectivity index (χ2n) is 6.88. The Morgan fingerprint density at radius 1 is 1.38 bits per heavy atom. The monoisotopic (exact) mass is 462 g/mol. The van der Waals surface area contributed by atoms with Gasteiger partial charge in [-0.1, -0.05) is 51.9 Å². The Labute approximate surface area is 179 Å². The van der Waals surface area contributed by atoms with Crippen molar-refractivity contribution in [2.75, 3.05) is 13.1 Å². The van der Waals surface area contributed by atoms with Crippen molar-refractivity contribution < 1.29 is 27.9 Å². The van der Waals surface area contributed by atoms with Crippen molar-refractivity contribution in [2.24, 2.45) is 0 Å². The van der Waals surface area contributed by atoms with Crippen molar-refractivity contribution in [1.29, 1.82) is 0 Å². The number of amides is 1. The van der Waals surface area contributed by atoms with Crippen LogP contribution < -0.4 is 5.32 Å². The number of aliphatic carboxylic acids is 1. The lowest BCUT2D eigenvalue weighted by Crippen LogP contribution is -2.48.